The second-order valence-corrected chi connectivity index (χ2v) is 5.64. The number of amides is 4. The number of hydrogen-bond donors (Lipinski definition) is 0. The van der Waals surface area contributed by atoms with Gasteiger partial charge in [0.1, 0.15) is 6.61 Å². The Labute approximate surface area is 158 Å². The Morgan fingerprint density at radius 3 is 1.79 bits per heavy atom. The average molecular weight is 398 g/mol. The first-order valence-electron chi connectivity index (χ1n) is 8.09. The third kappa shape index (κ3) is 7.05. The molecule has 2 fully saturated rings. The molecule has 28 heavy (non-hydrogen) atoms. The summed E-state index contributed by atoms with van der Waals surface area (Å²) in [6.07, 6.45) is 0.584. The number of hydrogen-bond acceptors (Lipinski definition) is 9. The number of hydroxylamine groups is 4. The molecule has 0 aliphatic carbocycles. The Bertz CT molecular complexity index is 695. The third-order valence-corrected chi connectivity index (χ3v) is 3.08. The van der Waals surface area contributed by atoms with Gasteiger partial charge >= 0.3 is 18.2 Å². The van der Waals surface area contributed by atoms with Gasteiger partial charge in [-0.3, -0.25) is 19.2 Å². The number of carbonyl (C=O) groups excluding carboxylic acids is 6. The Hall–Kier alpha value is -3.44. The SMILES string of the molecule is CC(C)OCC(=O)ON1C(=O)CCC1=O.[N-]=[N+]=CC(=O)ON1C(=O)CCC1=O. The number of carbonyl (C=O) groups is 6. The molecule has 4 amide bonds. The van der Waals surface area contributed by atoms with E-state index in [1.807, 2.05) is 0 Å². The summed E-state index contributed by atoms with van der Waals surface area (Å²) in [5.74, 6) is -3.96. The molecular weight excluding hydrogens is 380 g/mol. The van der Waals surface area contributed by atoms with Crippen molar-refractivity contribution in [2.45, 2.75) is 45.6 Å². The molecule has 0 unspecified atom stereocenters. The summed E-state index contributed by atoms with van der Waals surface area (Å²) in [5, 5.41) is 0.871. The molecule has 0 aromatic carbocycles. The van der Waals surface area contributed by atoms with Gasteiger partial charge in [-0.15, -0.1) is 10.1 Å². The van der Waals surface area contributed by atoms with E-state index in [0.29, 0.717) is 16.3 Å². The highest BCUT2D eigenvalue weighted by molar-refractivity contribution is 6.21. The molecular formula is C15H18N4O9. The Balaban J connectivity index is 0.000000283. The molecule has 0 saturated carbocycles. The summed E-state index contributed by atoms with van der Waals surface area (Å²) < 4.78 is 4.96. The summed E-state index contributed by atoms with van der Waals surface area (Å²) in [5.41, 5.74) is 7.92. The Kier molecular flexibility index (Phi) is 8.59. The van der Waals surface area contributed by atoms with Crippen LogP contribution in [0.2, 0.25) is 0 Å². The van der Waals surface area contributed by atoms with E-state index in [9.17, 15) is 28.8 Å². The Morgan fingerprint density at radius 1 is 0.964 bits per heavy atom. The largest absolute Gasteiger partial charge is 0.438 e. The predicted molar refractivity (Wildman–Crippen MR) is 85.1 cm³/mol. The van der Waals surface area contributed by atoms with Crippen LogP contribution in [0.1, 0.15) is 39.5 Å². The number of imide groups is 2. The van der Waals surface area contributed by atoms with Crippen LogP contribution >= 0.6 is 0 Å². The third-order valence-electron chi connectivity index (χ3n) is 3.08. The van der Waals surface area contributed by atoms with Crippen LogP contribution in [-0.4, -0.2) is 69.4 Å². The van der Waals surface area contributed by atoms with Crippen molar-refractivity contribution in [1.82, 2.24) is 10.1 Å². The molecule has 0 atom stereocenters. The van der Waals surface area contributed by atoms with E-state index >= 15 is 0 Å². The summed E-state index contributed by atoms with van der Waals surface area (Å²) >= 11 is 0. The van der Waals surface area contributed by atoms with Crippen molar-refractivity contribution in [3.05, 3.63) is 5.53 Å². The van der Waals surface area contributed by atoms with Crippen LogP contribution in [-0.2, 0) is 43.2 Å². The summed E-state index contributed by atoms with van der Waals surface area (Å²) in [7, 11) is 0. The second kappa shape index (κ2) is 10.6. The minimum Gasteiger partial charge on any atom is -0.367 e. The highest BCUT2D eigenvalue weighted by Gasteiger charge is 2.33. The van der Waals surface area contributed by atoms with Crippen molar-refractivity contribution < 1.29 is 48.0 Å². The molecule has 13 nitrogen and oxygen atoms in total. The molecule has 2 heterocycles. The van der Waals surface area contributed by atoms with Gasteiger partial charge in [-0.1, -0.05) is 0 Å². The molecule has 152 valence electrons. The Morgan fingerprint density at radius 2 is 1.39 bits per heavy atom. The quantitative estimate of drug-likeness (QED) is 0.233. The number of rotatable bonds is 6. The smallest absolute Gasteiger partial charge is 0.367 e. The van der Waals surface area contributed by atoms with Gasteiger partial charge in [0, 0.05) is 25.7 Å². The lowest BCUT2D eigenvalue weighted by Crippen LogP contribution is -2.33. The van der Waals surface area contributed by atoms with E-state index in [1.54, 1.807) is 13.8 Å². The first kappa shape index (κ1) is 22.6. The lowest BCUT2D eigenvalue weighted by molar-refractivity contribution is -0.201. The molecule has 0 aromatic heterocycles. The molecule has 0 aromatic rings. The average Bonchev–Trinajstić information content (AvgIpc) is 3.11. The van der Waals surface area contributed by atoms with Crippen molar-refractivity contribution in [2.24, 2.45) is 0 Å². The van der Waals surface area contributed by atoms with Crippen LogP contribution in [0, 0.1) is 0 Å². The lowest BCUT2D eigenvalue weighted by Gasteiger charge is -2.13. The first-order chi connectivity index (χ1) is 13.1. The number of ether oxygens (including phenoxy) is 1. The van der Waals surface area contributed by atoms with Crippen molar-refractivity contribution in [3.63, 3.8) is 0 Å². The van der Waals surface area contributed by atoms with Gasteiger partial charge in [0.05, 0.1) is 6.10 Å². The van der Waals surface area contributed by atoms with Crippen LogP contribution in [0.5, 0.6) is 0 Å². The highest BCUT2D eigenvalue weighted by atomic mass is 16.7. The lowest BCUT2D eigenvalue weighted by atomic mass is 10.4. The summed E-state index contributed by atoms with van der Waals surface area (Å²) in [6, 6.07) is 0. The van der Waals surface area contributed by atoms with E-state index in [0.717, 1.165) is 0 Å². The first-order valence-corrected chi connectivity index (χ1v) is 8.09. The zero-order valence-electron chi connectivity index (χ0n) is 15.2. The van der Waals surface area contributed by atoms with Crippen molar-refractivity contribution in [3.8, 4) is 0 Å². The van der Waals surface area contributed by atoms with Crippen LogP contribution in [0.4, 0.5) is 0 Å². The van der Waals surface area contributed by atoms with E-state index in [2.05, 4.69) is 14.5 Å². The molecule has 13 heteroatoms. The van der Waals surface area contributed by atoms with E-state index < -0.39 is 35.6 Å². The molecule has 2 aliphatic rings. The van der Waals surface area contributed by atoms with Crippen LogP contribution in [0.3, 0.4) is 0 Å². The fourth-order valence-corrected chi connectivity index (χ4v) is 1.84. The summed E-state index contributed by atoms with van der Waals surface area (Å²) in [4.78, 5) is 76.7. The number of nitrogens with zero attached hydrogens (tertiary/aromatic N) is 4. The molecule has 0 radical (unpaired) electrons. The van der Waals surface area contributed by atoms with Gasteiger partial charge in [-0.2, -0.15) is 4.79 Å². The van der Waals surface area contributed by atoms with Gasteiger partial charge < -0.3 is 19.9 Å². The minimum atomic E-state index is -1.08. The van der Waals surface area contributed by atoms with Crippen LogP contribution in [0.15, 0.2) is 0 Å². The highest BCUT2D eigenvalue weighted by Crippen LogP contribution is 2.12. The maximum atomic E-state index is 11.1. The van der Waals surface area contributed by atoms with Gasteiger partial charge in [0.2, 0.25) is 0 Å². The van der Waals surface area contributed by atoms with Crippen molar-refractivity contribution in [1.29, 1.82) is 0 Å². The second-order valence-electron chi connectivity index (χ2n) is 5.64. The van der Waals surface area contributed by atoms with Crippen LogP contribution < -0.4 is 0 Å². The zero-order valence-corrected chi connectivity index (χ0v) is 15.2. The normalized spacial score (nSPS) is 16.0. The van der Waals surface area contributed by atoms with E-state index in [-0.39, 0.29) is 38.4 Å². The van der Waals surface area contributed by atoms with Gasteiger partial charge in [-0.05, 0) is 13.8 Å². The molecule has 0 spiro atoms. The molecule has 0 N–H and O–H groups in total. The molecule has 2 aliphatic heterocycles. The van der Waals surface area contributed by atoms with Crippen molar-refractivity contribution >= 4 is 41.8 Å². The minimum absolute atomic E-state index is 0.0301. The van der Waals surface area contributed by atoms with Gasteiger partial charge in [0.25, 0.3) is 23.6 Å². The monoisotopic (exact) mass is 398 g/mol. The fourth-order valence-electron chi connectivity index (χ4n) is 1.84. The maximum absolute atomic E-state index is 11.1. The van der Waals surface area contributed by atoms with E-state index in [1.165, 1.54) is 0 Å². The standard InChI is InChI=1S/C9H13NO5.C6H5N3O4/c1-6(2)14-5-9(13)15-10-7(11)3-4-8(10)12;7-8-3-6(12)13-9-4(10)1-2-5(9)11/h6H,3-5H2,1-2H3;3H,1-2H2. The topological polar surface area (TPSA) is 173 Å². The van der Waals surface area contributed by atoms with E-state index in [4.69, 9.17) is 10.3 Å². The van der Waals surface area contributed by atoms with Crippen molar-refractivity contribution in [2.75, 3.05) is 6.61 Å². The molecule has 2 saturated heterocycles. The molecule has 0 bridgehead atoms. The maximum Gasteiger partial charge on any atom is 0.438 e. The predicted octanol–water partition coefficient (Wildman–Crippen LogP) is -1.09. The van der Waals surface area contributed by atoms with Crippen LogP contribution in [0.25, 0.3) is 5.53 Å². The molecule has 2 rings (SSSR count). The van der Waals surface area contributed by atoms with Gasteiger partial charge in [0.15, 0.2) is 0 Å². The zero-order chi connectivity index (χ0) is 21.3. The fraction of sp³-hybridized carbons (Fsp3) is 0.533. The summed E-state index contributed by atoms with van der Waals surface area (Å²) in [6.45, 7) is 3.26. The van der Waals surface area contributed by atoms with Gasteiger partial charge in [-0.25, -0.2) is 9.59 Å².